The molecule has 13 heteroatoms. The summed E-state index contributed by atoms with van der Waals surface area (Å²) in [4.78, 5) is 42.1. The third-order valence-electron chi connectivity index (χ3n) is 11.6. The smallest absolute Gasteiger partial charge is 0.338 e. The number of hydrogen-bond acceptors (Lipinski definition) is 13. The van der Waals surface area contributed by atoms with E-state index in [2.05, 4.69) is 0 Å². The van der Waals surface area contributed by atoms with Crippen LogP contribution in [-0.4, -0.2) is 93.0 Å². The molecule has 2 saturated heterocycles. The van der Waals surface area contributed by atoms with Crippen molar-refractivity contribution < 1.29 is 61.8 Å². The van der Waals surface area contributed by atoms with Crippen molar-refractivity contribution in [2.75, 3.05) is 13.7 Å². The number of esters is 3. The van der Waals surface area contributed by atoms with Crippen LogP contribution in [0.2, 0.25) is 0 Å². The van der Waals surface area contributed by atoms with Gasteiger partial charge in [0.1, 0.15) is 24.4 Å². The molecule has 13 nitrogen and oxygen atoms in total. The van der Waals surface area contributed by atoms with E-state index in [9.17, 15) is 14.4 Å². The summed E-state index contributed by atoms with van der Waals surface area (Å²) < 4.78 is 65.1. The summed E-state index contributed by atoms with van der Waals surface area (Å²) in [6.07, 6.45) is -11.7. The molecule has 8 rings (SSSR count). The van der Waals surface area contributed by atoms with Crippen LogP contribution >= 0.6 is 0 Å². The second-order valence-corrected chi connectivity index (χ2v) is 16.3. The van der Waals surface area contributed by atoms with Gasteiger partial charge in [0, 0.05) is 7.11 Å². The fourth-order valence-corrected chi connectivity index (χ4v) is 8.09. The highest BCUT2D eigenvalue weighted by Crippen LogP contribution is 2.36. The number of benzene rings is 6. The number of ether oxygens (including phenoxy) is 10. The van der Waals surface area contributed by atoms with Crippen molar-refractivity contribution in [2.24, 2.45) is 0 Å². The number of carbonyl (C=O) groups is 3. The molecule has 0 radical (unpaired) electrons. The standard InChI is InChI=1S/C55H54O13/c1-37-45(65-51(56)41-27-15-6-16-28-41)48(66-52(57)42-29-17-7-18-30-42)50(67-53(58)43-31-19-8-20-32-43)55(63-37)68-46-44(36-60-33-38-21-9-3-10-22-38)64-54(59-2)49(62-35-40-25-13-5-14-26-40)47(46)61-34-39-23-11-4-12-24-39/h3-32,37,44-50,54-55H,33-36H2,1-2H3/t37-,44?,45?,46+,47?,48?,49?,50+,54-,55?/m0/s1. The highest BCUT2D eigenvalue weighted by molar-refractivity contribution is 5.91. The normalized spacial score (nSPS) is 24.6. The Morgan fingerprint density at radius 2 is 0.824 bits per heavy atom. The van der Waals surface area contributed by atoms with Gasteiger partial charge in [0.05, 0.1) is 49.2 Å². The van der Waals surface area contributed by atoms with Crippen molar-refractivity contribution in [3.05, 3.63) is 215 Å². The molecule has 2 aliphatic heterocycles. The van der Waals surface area contributed by atoms with Crippen LogP contribution < -0.4 is 0 Å². The van der Waals surface area contributed by atoms with Gasteiger partial charge < -0.3 is 47.4 Å². The fraction of sp³-hybridized carbons (Fsp3) is 0.291. The topological polar surface area (TPSA) is 144 Å². The second-order valence-electron chi connectivity index (χ2n) is 16.3. The summed E-state index contributed by atoms with van der Waals surface area (Å²) >= 11 is 0. The molecule has 0 saturated carbocycles. The molecule has 6 aromatic carbocycles. The number of rotatable bonds is 19. The SMILES string of the molecule is CO[C@H]1OC(COCc2ccccc2)[C@@H](OC2O[C@@H](C)C(OC(=O)c3ccccc3)C(OC(=O)c3ccccc3)[C@H]2OC(=O)c2ccccc2)C(OCc2ccccc2)C1OCc1ccccc1. The maximum absolute atomic E-state index is 14.2. The highest BCUT2D eigenvalue weighted by atomic mass is 16.8. The molecule has 0 bridgehead atoms. The van der Waals surface area contributed by atoms with Gasteiger partial charge in [0.15, 0.2) is 30.9 Å². The second kappa shape index (κ2) is 23.9. The predicted octanol–water partition coefficient (Wildman–Crippen LogP) is 8.55. The average Bonchev–Trinajstić information content (AvgIpc) is 3.39. The van der Waals surface area contributed by atoms with E-state index in [4.69, 9.17) is 47.4 Å². The molecule has 352 valence electrons. The maximum atomic E-state index is 14.2. The first-order chi connectivity index (χ1) is 33.3. The van der Waals surface area contributed by atoms with Crippen LogP contribution in [0, 0.1) is 0 Å². The zero-order chi connectivity index (χ0) is 47.1. The lowest BCUT2D eigenvalue weighted by molar-refractivity contribution is -0.363. The van der Waals surface area contributed by atoms with Crippen molar-refractivity contribution in [3.63, 3.8) is 0 Å². The van der Waals surface area contributed by atoms with E-state index in [-0.39, 0.29) is 43.1 Å². The van der Waals surface area contributed by atoms with E-state index < -0.39 is 79.3 Å². The van der Waals surface area contributed by atoms with Gasteiger partial charge in [0.2, 0.25) is 0 Å². The molecule has 0 aliphatic carbocycles. The lowest BCUT2D eigenvalue weighted by atomic mass is 9.96. The summed E-state index contributed by atoms with van der Waals surface area (Å²) in [5.74, 6) is -2.26. The van der Waals surface area contributed by atoms with Gasteiger partial charge in [-0.05, 0) is 60.0 Å². The first kappa shape index (κ1) is 47.9. The van der Waals surface area contributed by atoms with Crippen molar-refractivity contribution in [3.8, 4) is 0 Å². The third-order valence-corrected chi connectivity index (χ3v) is 11.6. The van der Waals surface area contributed by atoms with Crippen LogP contribution in [0.1, 0.15) is 54.7 Å². The van der Waals surface area contributed by atoms with E-state index in [0.29, 0.717) is 0 Å². The van der Waals surface area contributed by atoms with Gasteiger partial charge in [-0.1, -0.05) is 146 Å². The summed E-state index contributed by atoms with van der Waals surface area (Å²) in [5, 5.41) is 0. The Hall–Kier alpha value is -6.55. The van der Waals surface area contributed by atoms with Crippen LogP contribution in [-0.2, 0) is 67.2 Å². The summed E-state index contributed by atoms with van der Waals surface area (Å²) in [5.41, 5.74) is 3.35. The molecule has 6 aromatic rings. The first-order valence-electron chi connectivity index (χ1n) is 22.5. The zero-order valence-corrected chi connectivity index (χ0v) is 37.7. The molecule has 2 heterocycles. The Morgan fingerprint density at radius 1 is 0.426 bits per heavy atom. The van der Waals surface area contributed by atoms with E-state index >= 15 is 0 Å². The Balaban J connectivity index is 1.19. The lowest BCUT2D eigenvalue weighted by Crippen LogP contribution is -2.66. The van der Waals surface area contributed by atoms with Crippen molar-refractivity contribution in [1.29, 1.82) is 0 Å². The van der Waals surface area contributed by atoms with Crippen molar-refractivity contribution in [1.82, 2.24) is 0 Å². The molecule has 10 atom stereocenters. The van der Waals surface area contributed by atoms with E-state index in [1.165, 1.54) is 7.11 Å². The van der Waals surface area contributed by atoms with Crippen LogP contribution in [0.4, 0.5) is 0 Å². The Kier molecular flexibility index (Phi) is 16.9. The minimum absolute atomic E-state index is 0.0174. The van der Waals surface area contributed by atoms with Crippen LogP contribution in [0.3, 0.4) is 0 Å². The Bertz CT molecular complexity index is 2460. The Morgan fingerprint density at radius 3 is 1.28 bits per heavy atom. The van der Waals surface area contributed by atoms with Crippen molar-refractivity contribution >= 4 is 17.9 Å². The minimum Gasteiger partial charge on any atom is -0.452 e. The quantitative estimate of drug-likeness (QED) is 0.0566. The Labute approximate surface area is 395 Å². The minimum atomic E-state index is -1.55. The van der Waals surface area contributed by atoms with Gasteiger partial charge in [-0.3, -0.25) is 0 Å². The molecular formula is C55H54O13. The molecule has 0 N–H and O–H groups in total. The lowest BCUT2D eigenvalue weighted by Gasteiger charge is -2.49. The molecule has 0 aromatic heterocycles. The molecule has 2 fully saturated rings. The van der Waals surface area contributed by atoms with Gasteiger partial charge in [-0.25, -0.2) is 14.4 Å². The van der Waals surface area contributed by atoms with Gasteiger partial charge >= 0.3 is 17.9 Å². The van der Waals surface area contributed by atoms with Crippen LogP contribution in [0.5, 0.6) is 0 Å². The largest absolute Gasteiger partial charge is 0.452 e. The molecule has 6 unspecified atom stereocenters. The van der Waals surface area contributed by atoms with Crippen LogP contribution in [0.15, 0.2) is 182 Å². The highest BCUT2D eigenvalue weighted by Gasteiger charge is 2.56. The number of methoxy groups -OCH3 is 1. The van der Waals surface area contributed by atoms with Crippen LogP contribution in [0.25, 0.3) is 0 Å². The molecule has 0 spiro atoms. The summed E-state index contributed by atoms with van der Waals surface area (Å²) in [7, 11) is 1.52. The molecule has 68 heavy (non-hydrogen) atoms. The summed E-state index contributed by atoms with van der Waals surface area (Å²) in [6, 6.07) is 54.0. The monoisotopic (exact) mass is 922 g/mol. The maximum Gasteiger partial charge on any atom is 0.338 e. The predicted molar refractivity (Wildman–Crippen MR) is 248 cm³/mol. The van der Waals surface area contributed by atoms with E-state index in [0.717, 1.165) is 16.7 Å². The fourth-order valence-electron chi connectivity index (χ4n) is 8.09. The molecule has 2 aliphatic rings. The zero-order valence-electron chi connectivity index (χ0n) is 37.7. The molecular weight excluding hydrogens is 869 g/mol. The van der Waals surface area contributed by atoms with E-state index in [1.807, 2.05) is 91.0 Å². The van der Waals surface area contributed by atoms with Gasteiger partial charge in [-0.2, -0.15) is 0 Å². The molecule has 0 amide bonds. The van der Waals surface area contributed by atoms with E-state index in [1.54, 1.807) is 97.9 Å². The first-order valence-corrected chi connectivity index (χ1v) is 22.5. The summed E-state index contributed by atoms with van der Waals surface area (Å²) in [6.45, 7) is 2.19. The third kappa shape index (κ3) is 12.5. The number of carbonyl (C=O) groups excluding carboxylic acids is 3. The number of hydrogen-bond donors (Lipinski definition) is 0. The van der Waals surface area contributed by atoms with Gasteiger partial charge in [-0.15, -0.1) is 0 Å². The van der Waals surface area contributed by atoms with Crippen molar-refractivity contribution in [2.45, 2.75) is 88.2 Å². The average molecular weight is 923 g/mol. The van der Waals surface area contributed by atoms with Gasteiger partial charge in [0.25, 0.3) is 0 Å².